The number of pyridine rings is 1. The second-order valence-corrected chi connectivity index (χ2v) is 4.47. The van der Waals surface area contributed by atoms with Gasteiger partial charge >= 0.3 is 0 Å². The highest BCUT2D eigenvalue weighted by atomic mass is 79.9. The van der Waals surface area contributed by atoms with Crippen LogP contribution in [-0.2, 0) is 0 Å². The number of phenolic OH excluding ortho intramolecular Hbond substituents is 1. The number of phenols is 1. The van der Waals surface area contributed by atoms with E-state index in [1.807, 2.05) is 34.9 Å². The van der Waals surface area contributed by atoms with E-state index in [0.717, 1.165) is 21.5 Å². The van der Waals surface area contributed by atoms with Crippen molar-refractivity contribution in [2.24, 2.45) is 0 Å². The summed E-state index contributed by atoms with van der Waals surface area (Å²) in [5.74, 6) is 0.991. The van der Waals surface area contributed by atoms with Gasteiger partial charge < -0.3 is 5.11 Å². The monoisotopic (exact) mass is 289 g/mol. The third kappa shape index (κ3) is 1.68. The van der Waals surface area contributed by atoms with E-state index in [2.05, 4.69) is 26.1 Å². The number of benzene rings is 1. The lowest BCUT2D eigenvalue weighted by Gasteiger charge is -2.00. The van der Waals surface area contributed by atoms with Crippen LogP contribution in [0.2, 0.25) is 0 Å². The third-order valence-electron chi connectivity index (χ3n) is 2.51. The molecule has 3 aromatic rings. The molecule has 0 amide bonds. The van der Waals surface area contributed by atoms with E-state index in [0.29, 0.717) is 0 Å². The molecule has 2 heterocycles. The molecule has 5 heteroatoms. The molecule has 84 valence electrons. The van der Waals surface area contributed by atoms with E-state index in [4.69, 9.17) is 0 Å². The Balaban J connectivity index is 2.24. The lowest BCUT2D eigenvalue weighted by Crippen LogP contribution is -1.88. The molecule has 0 saturated heterocycles. The number of halogens is 1. The summed E-state index contributed by atoms with van der Waals surface area (Å²) in [6.45, 7) is 0. The van der Waals surface area contributed by atoms with Gasteiger partial charge in [0.1, 0.15) is 5.75 Å². The Bertz CT molecular complexity index is 676. The number of aromatic hydroxyl groups is 1. The summed E-state index contributed by atoms with van der Waals surface area (Å²) in [5.41, 5.74) is 1.68. The molecule has 2 aromatic heterocycles. The topological polar surface area (TPSA) is 50.4 Å². The first-order valence-corrected chi connectivity index (χ1v) is 5.83. The van der Waals surface area contributed by atoms with Crippen molar-refractivity contribution in [1.82, 2.24) is 14.6 Å². The van der Waals surface area contributed by atoms with E-state index < -0.39 is 0 Å². The van der Waals surface area contributed by atoms with Crippen molar-refractivity contribution in [1.29, 1.82) is 0 Å². The second kappa shape index (κ2) is 3.85. The molecule has 0 aliphatic rings. The van der Waals surface area contributed by atoms with Crippen molar-refractivity contribution < 1.29 is 5.11 Å². The Morgan fingerprint density at radius 2 is 1.82 bits per heavy atom. The first-order chi connectivity index (χ1) is 8.25. The van der Waals surface area contributed by atoms with Crippen LogP contribution in [0.5, 0.6) is 5.75 Å². The number of hydrogen-bond acceptors (Lipinski definition) is 3. The average molecular weight is 290 g/mol. The first kappa shape index (κ1) is 10.3. The van der Waals surface area contributed by atoms with Crippen LogP contribution in [0.1, 0.15) is 0 Å². The van der Waals surface area contributed by atoms with Crippen LogP contribution in [-0.4, -0.2) is 19.7 Å². The molecule has 1 N–H and O–H groups in total. The van der Waals surface area contributed by atoms with Gasteiger partial charge in [-0.15, -0.1) is 10.2 Å². The lowest BCUT2D eigenvalue weighted by molar-refractivity contribution is 0.475. The summed E-state index contributed by atoms with van der Waals surface area (Å²) in [6, 6.07) is 10.7. The number of rotatable bonds is 1. The van der Waals surface area contributed by atoms with Gasteiger partial charge in [-0.25, -0.2) is 0 Å². The number of nitrogens with zero attached hydrogens (tertiary/aromatic N) is 3. The minimum Gasteiger partial charge on any atom is -0.508 e. The molecule has 0 aliphatic heterocycles. The first-order valence-electron chi connectivity index (χ1n) is 5.04. The molecular weight excluding hydrogens is 282 g/mol. The minimum absolute atomic E-state index is 0.240. The Labute approximate surface area is 106 Å². The summed E-state index contributed by atoms with van der Waals surface area (Å²) in [4.78, 5) is 0. The largest absolute Gasteiger partial charge is 0.508 e. The fourth-order valence-corrected chi connectivity index (χ4v) is 2.11. The van der Waals surface area contributed by atoms with Crippen LogP contribution < -0.4 is 0 Å². The normalized spacial score (nSPS) is 10.9. The molecule has 0 bridgehead atoms. The highest BCUT2D eigenvalue weighted by molar-refractivity contribution is 9.10. The highest BCUT2D eigenvalue weighted by Crippen LogP contribution is 2.23. The molecule has 17 heavy (non-hydrogen) atoms. The molecule has 0 unspecified atom stereocenters. The van der Waals surface area contributed by atoms with Crippen LogP contribution in [0.25, 0.3) is 17.0 Å². The standard InChI is InChI=1S/C12H8BrN3O/c13-10-2-1-7-16-11(14-15-12(10)16)8-3-5-9(17)6-4-8/h1-7,17H. The summed E-state index contributed by atoms with van der Waals surface area (Å²) in [6.07, 6.45) is 1.91. The van der Waals surface area contributed by atoms with E-state index in [-0.39, 0.29) is 5.75 Å². The molecule has 1 aromatic carbocycles. The summed E-state index contributed by atoms with van der Waals surface area (Å²) >= 11 is 3.43. The maximum Gasteiger partial charge on any atom is 0.175 e. The van der Waals surface area contributed by atoms with Gasteiger partial charge in [0.2, 0.25) is 0 Å². The molecular formula is C12H8BrN3O. The molecule has 0 atom stereocenters. The molecule has 0 aliphatic carbocycles. The van der Waals surface area contributed by atoms with E-state index in [1.54, 1.807) is 12.1 Å². The van der Waals surface area contributed by atoms with Gasteiger partial charge in [-0.2, -0.15) is 0 Å². The Hall–Kier alpha value is -1.88. The van der Waals surface area contributed by atoms with Gasteiger partial charge in [-0.05, 0) is 52.3 Å². The lowest BCUT2D eigenvalue weighted by atomic mass is 10.2. The van der Waals surface area contributed by atoms with Gasteiger partial charge in [0.15, 0.2) is 11.5 Å². The summed E-state index contributed by atoms with van der Waals surface area (Å²) < 4.78 is 2.80. The molecule has 0 saturated carbocycles. The van der Waals surface area contributed by atoms with Crippen molar-refractivity contribution in [2.75, 3.05) is 0 Å². The maximum atomic E-state index is 9.26. The predicted octanol–water partition coefficient (Wildman–Crippen LogP) is 2.86. The van der Waals surface area contributed by atoms with Crippen LogP contribution in [0.3, 0.4) is 0 Å². The van der Waals surface area contributed by atoms with Gasteiger partial charge in [-0.1, -0.05) is 0 Å². The molecule has 0 fully saturated rings. The summed E-state index contributed by atoms with van der Waals surface area (Å²) in [5, 5.41) is 17.5. The zero-order valence-electron chi connectivity index (χ0n) is 8.71. The number of hydrogen-bond donors (Lipinski definition) is 1. The quantitative estimate of drug-likeness (QED) is 0.749. The highest BCUT2D eigenvalue weighted by Gasteiger charge is 2.09. The van der Waals surface area contributed by atoms with Gasteiger partial charge in [0.25, 0.3) is 0 Å². The Morgan fingerprint density at radius 1 is 1.06 bits per heavy atom. The predicted molar refractivity (Wildman–Crippen MR) is 67.8 cm³/mol. The zero-order valence-corrected chi connectivity index (χ0v) is 10.3. The van der Waals surface area contributed by atoms with Crippen LogP contribution in [0.15, 0.2) is 47.1 Å². The number of fused-ring (bicyclic) bond motifs is 1. The smallest absolute Gasteiger partial charge is 0.175 e. The average Bonchev–Trinajstić information content (AvgIpc) is 2.75. The van der Waals surface area contributed by atoms with Crippen molar-refractivity contribution in [3.8, 4) is 17.1 Å². The van der Waals surface area contributed by atoms with E-state index in [1.165, 1.54) is 0 Å². The Kier molecular flexibility index (Phi) is 2.33. The number of aromatic nitrogens is 3. The van der Waals surface area contributed by atoms with Crippen molar-refractivity contribution in [2.45, 2.75) is 0 Å². The van der Waals surface area contributed by atoms with Crippen molar-refractivity contribution >= 4 is 21.6 Å². The minimum atomic E-state index is 0.240. The Morgan fingerprint density at radius 3 is 2.59 bits per heavy atom. The van der Waals surface area contributed by atoms with E-state index in [9.17, 15) is 5.11 Å². The second-order valence-electron chi connectivity index (χ2n) is 3.62. The van der Waals surface area contributed by atoms with Gasteiger partial charge in [0, 0.05) is 11.8 Å². The van der Waals surface area contributed by atoms with Gasteiger partial charge in [-0.3, -0.25) is 4.40 Å². The maximum absolute atomic E-state index is 9.26. The molecule has 3 rings (SSSR count). The fraction of sp³-hybridized carbons (Fsp3) is 0. The van der Waals surface area contributed by atoms with Crippen molar-refractivity contribution in [3.05, 3.63) is 47.1 Å². The zero-order chi connectivity index (χ0) is 11.8. The van der Waals surface area contributed by atoms with Crippen molar-refractivity contribution in [3.63, 3.8) is 0 Å². The van der Waals surface area contributed by atoms with Crippen LogP contribution in [0.4, 0.5) is 0 Å². The molecule has 0 radical (unpaired) electrons. The summed E-state index contributed by atoms with van der Waals surface area (Å²) in [7, 11) is 0. The van der Waals surface area contributed by atoms with Crippen LogP contribution in [0, 0.1) is 0 Å². The third-order valence-corrected chi connectivity index (χ3v) is 3.13. The molecule has 0 spiro atoms. The van der Waals surface area contributed by atoms with Gasteiger partial charge in [0.05, 0.1) is 4.47 Å². The SMILES string of the molecule is Oc1ccc(-c2nnc3c(Br)cccn23)cc1. The molecule has 4 nitrogen and oxygen atoms in total. The van der Waals surface area contributed by atoms with E-state index >= 15 is 0 Å². The fourth-order valence-electron chi connectivity index (χ4n) is 1.69. The van der Waals surface area contributed by atoms with Crippen LogP contribution >= 0.6 is 15.9 Å².